The van der Waals surface area contributed by atoms with Crippen LogP contribution in [0.15, 0.2) is 29.8 Å². The molecule has 1 saturated heterocycles. The number of aromatic nitrogens is 1. The molecule has 130 valence electrons. The van der Waals surface area contributed by atoms with Gasteiger partial charge in [-0.1, -0.05) is 0 Å². The Hall–Kier alpha value is -2.41. The van der Waals surface area contributed by atoms with E-state index in [0.717, 1.165) is 0 Å². The van der Waals surface area contributed by atoms with Crippen LogP contribution in [0, 0.1) is 5.92 Å². The van der Waals surface area contributed by atoms with Crippen molar-refractivity contribution in [1.29, 1.82) is 0 Å². The first kappa shape index (κ1) is 16.1. The van der Waals surface area contributed by atoms with Gasteiger partial charge in [0.2, 0.25) is 0 Å². The highest BCUT2D eigenvalue weighted by Gasteiger charge is 2.29. The maximum absolute atomic E-state index is 12.7. The lowest BCUT2D eigenvalue weighted by Crippen LogP contribution is -2.40. The molecule has 2 aromatic rings. The van der Waals surface area contributed by atoms with Crippen LogP contribution in [0.5, 0.6) is 11.5 Å². The number of thiazole rings is 1. The fourth-order valence-corrected chi connectivity index (χ4v) is 3.88. The highest BCUT2D eigenvalue weighted by Crippen LogP contribution is 2.31. The first-order valence-electron chi connectivity index (χ1n) is 8.35. The Morgan fingerprint density at radius 3 is 2.60 bits per heavy atom. The van der Waals surface area contributed by atoms with Crippen molar-refractivity contribution >= 4 is 23.0 Å². The molecule has 25 heavy (non-hydrogen) atoms. The molecular weight excluding hydrogens is 340 g/mol. The number of likely N-dealkylation sites (tertiary alicyclic amines) is 1. The summed E-state index contributed by atoms with van der Waals surface area (Å²) in [6.07, 6.45) is 3.00. The van der Waals surface area contributed by atoms with Gasteiger partial charge < -0.3 is 14.4 Å². The van der Waals surface area contributed by atoms with Crippen molar-refractivity contribution in [2.24, 2.45) is 5.92 Å². The van der Waals surface area contributed by atoms with Crippen LogP contribution >= 0.6 is 11.3 Å². The zero-order valence-electron chi connectivity index (χ0n) is 13.6. The zero-order valence-corrected chi connectivity index (χ0v) is 14.5. The molecule has 4 rings (SSSR count). The van der Waals surface area contributed by atoms with E-state index in [4.69, 9.17) is 9.47 Å². The number of Topliss-reactive ketones (excluding diaryl/α,β-unsaturated/α-hetero) is 1. The van der Waals surface area contributed by atoms with E-state index in [1.807, 2.05) is 5.38 Å². The minimum absolute atomic E-state index is 0.0304. The summed E-state index contributed by atoms with van der Waals surface area (Å²) >= 11 is 1.37. The molecule has 0 bridgehead atoms. The van der Waals surface area contributed by atoms with E-state index in [1.54, 1.807) is 29.3 Å². The van der Waals surface area contributed by atoms with E-state index in [-0.39, 0.29) is 17.6 Å². The molecule has 2 aliphatic rings. The molecule has 1 amide bonds. The third-order valence-corrected chi connectivity index (χ3v) is 5.37. The van der Waals surface area contributed by atoms with Gasteiger partial charge in [-0.25, -0.2) is 4.98 Å². The Balaban J connectivity index is 1.40. The van der Waals surface area contributed by atoms with Gasteiger partial charge in [0.25, 0.3) is 5.91 Å². The van der Waals surface area contributed by atoms with Crippen molar-refractivity contribution in [2.45, 2.75) is 12.8 Å². The Kier molecular flexibility index (Phi) is 4.40. The molecule has 0 N–H and O–H groups in total. The Morgan fingerprint density at radius 1 is 1.12 bits per heavy atom. The number of ketones is 1. The summed E-state index contributed by atoms with van der Waals surface area (Å²) in [6.45, 7) is 2.18. The van der Waals surface area contributed by atoms with Crippen molar-refractivity contribution in [3.63, 3.8) is 0 Å². The maximum Gasteiger partial charge on any atom is 0.253 e. The van der Waals surface area contributed by atoms with Gasteiger partial charge in [0.15, 0.2) is 22.3 Å². The third-order valence-electron chi connectivity index (χ3n) is 4.59. The number of fused-ring (bicyclic) bond motifs is 1. The van der Waals surface area contributed by atoms with Crippen molar-refractivity contribution < 1.29 is 19.1 Å². The summed E-state index contributed by atoms with van der Waals surface area (Å²) in [5.41, 5.74) is 0.592. The number of piperidine rings is 1. The Bertz CT molecular complexity index is 782. The van der Waals surface area contributed by atoms with Crippen LogP contribution in [0.2, 0.25) is 0 Å². The Morgan fingerprint density at radius 2 is 1.88 bits per heavy atom. The van der Waals surface area contributed by atoms with Gasteiger partial charge >= 0.3 is 0 Å². The average Bonchev–Trinajstić information content (AvgIpc) is 3.21. The van der Waals surface area contributed by atoms with Crippen LogP contribution in [-0.4, -0.2) is 47.9 Å². The lowest BCUT2D eigenvalue weighted by Gasteiger charge is -2.31. The fraction of sp³-hybridized carbons (Fsp3) is 0.389. The second kappa shape index (κ2) is 6.84. The summed E-state index contributed by atoms with van der Waals surface area (Å²) < 4.78 is 11.0. The predicted octanol–water partition coefficient (Wildman–Crippen LogP) is 2.65. The number of rotatable bonds is 3. The molecule has 0 saturated carbocycles. The van der Waals surface area contributed by atoms with Crippen LogP contribution in [0.4, 0.5) is 0 Å². The van der Waals surface area contributed by atoms with Gasteiger partial charge in [-0.3, -0.25) is 9.59 Å². The van der Waals surface area contributed by atoms with E-state index in [1.165, 1.54) is 11.3 Å². The first-order chi connectivity index (χ1) is 12.2. The quantitative estimate of drug-likeness (QED) is 0.789. The molecule has 0 unspecified atom stereocenters. The van der Waals surface area contributed by atoms with E-state index < -0.39 is 0 Å². The zero-order chi connectivity index (χ0) is 17.2. The summed E-state index contributed by atoms with van der Waals surface area (Å²) in [4.78, 5) is 31.0. The molecular formula is C18H18N2O4S. The number of carbonyl (C=O) groups is 2. The molecule has 0 atom stereocenters. The number of carbonyl (C=O) groups excluding carboxylic acids is 2. The summed E-state index contributed by atoms with van der Waals surface area (Å²) in [5.74, 6) is 1.32. The molecule has 1 fully saturated rings. The number of hydrogen-bond donors (Lipinski definition) is 0. The SMILES string of the molecule is O=C(c1nccs1)C1CCN(C(=O)c2ccc3c(c2)OCCO3)CC1. The smallest absolute Gasteiger partial charge is 0.253 e. The van der Waals surface area contributed by atoms with Gasteiger partial charge in [0, 0.05) is 36.1 Å². The number of nitrogens with zero attached hydrogens (tertiary/aromatic N) is 2. The molecule has 0 spiro atoms. The lowest BCUT2D eigenvalue weighted by molar-refractivity contribution is 0.0649. The number of hydrogen-bond acceptors (Lipinski definition) is 6. The number of benzene rings is 1. The van der Waals surface area contributed by atoms with Crippen LogP contribution in [0.25, 0.3) is 0 Å². The van der Waals surface area contributed by atoms with E-state index in [0.29, 0.717) is 61.2 Å². The van der Waals surface area contributed by atoms with Crippen LogP contribution in [0.1, 0.15) is 33.0 Å². The molecule has 0 radical (unpaired) electrons. The molecule has 1 aromatic heterocycles. The van der Waals surface area contributed by atoms with Crippen molar-refractivity contribution in [2.75, 3.05) is 26.3 Å². The van der Waals surface area contributed by atoms with Gasteiger partial charge in [0.05, 0.1) is 0 Å². The summed E-state index contributed by atoms with van der Waals surface area (Å²) in [6, 6.07) is 5.28. The van der Waals surface area contributed by atoms with Crippen LogP contribution < -0.4 is 9.47 Å². The second-order valence-corrected chi connectivity index (χ2v) is 7.02. The average molecular weight is 358 g/mol. The van der Waals surface area contributed by atoms with Crippen molar-refractivity contribution in [1.82, 2.24) is 9.88 Å². The third kappa shape index (κ3) is 3.24. The fourth-order valence-electron chi connectivity index (χ4n) is 3.22. The van der Waals surface area contributed by atoms with Gasteiger partial charge in [-0.15, -0.1) is 11.3 Å². The standard InChI is InChI=1S/C18H18N2O4S/c21-16(17-19-5-10-25-17)12-3-6-20(7-4-12)18(22)13-1-2-14-15(11-13)24-9-8-23-14/h1-2,5,10-12H,3-4,6-9H2. The molecule has 1 aromatic carbocycles. The number of amides is 1. The molecule has 7 heteroatoms. The maximum atomic E-state index is 12.7. The lowest BCUT2D eigenvalue weighted by atomic mass is 9.92. The normalized spacial score (nSPS) is 17.4. The van der Waals surface area contributed by atoms with Crippen LogP contribution in [0.3, 0.4) is 0 Å². The highest BCUT2D eigenvalue weighted by molar-refractivity contribution is 7.11. The first-order valence-corrected chi connectivity index (χ1v) is 9.23. The van der Waals surface area contributed by atoms with Crippen molar-refractivity contribution in [3.05, 3.63) is 40.3 Å². The minimum Gasteiger partial charge on any atom is -0.486 e. The topological polar surface area (TPSA) is 68.7 Å². The monoisotopic (exact) mass is 358 g/mol. The molecule has 6 nitrogen and oxygen atoms in total. The second-order valence-electron chi connectivity index (χ2n) is 6.13. The predicted molar refractivity (Wildman–Crippen MR) is 92.5 cm³/mol. The largest absolute Gasteiger partial charge is 0.486 e. The minimum atomic E-state index is -0.0459. The van der Waals surface area contributed by atoms with Gasteiger partial charge in [-0.05, 0) is 31.0 Å². The molecule has 3 heterocycles. The highest BCUT2D eigenvalue weighted by atomic mass is 32.1. The van der Waals surface area contributed by atoms with Crippen LogP contribution in [-0.2, 0) is 0 Å². The molecule has 0 aliphatic carbocycles. The van der Waals surface area contributed by atoms with Gasteiger partial charge in [-0.2, -0.15) is 0 Å². The number of ether oxygens (including phenoxy) is 2. The van der Waals surface area contributed by atoms with E-state index >= 15 is 0 Å². The summed E-state index contributed by atoms with van der Waals surface area (Å²) in [7, 11) is 0. The van der Waals surface area contributed by atoms with Gasteiger partial charge in [0.1, 0.15) is 13.2 Å². The van der Waals surface area contributed by atoms with E-state index in [2.05, 4.69) is 4.98 Å². The molecule has 2 aliphatic heterocycles. The van der Waals surface area contributed by atoms with E-state index in [9.17, 15) is 9.59 Å². The Labute approximate surface area is 149 Å². The van der Waals surface area contributed by atoms with Crippen molar-refractivity contribution in [3.8, 4) is 11.5 Å². The summed E-state index contributed by atoms with van der Waals surface area (Å²) in [5, 5.41) is 2.38.